The Morgan fingerprint density at radius 2 is 1.69 bits per heavy atom. The van der Waals surface area contributed by atoms with Gasteiger partial charge in [0.25, 0.3) is 0 Å². The molecule has 152 valence electrons. The van der Waals surface area contributed by atoms with Gasteiger partial charge in [-0.3, -0.25) is 4.79 Å². The third-order valence-corrected chi connectivity index (χ3v) is 7.43. The number of carbonyl (C=O) groups is 1. The van der Waals surface area contributed by atoms with E-state index >= 15 is 0 Å². The molecule has 0 aliphatic heterocycles. The van der Waals surface area contributed by atoms with Gasteiger partial charge in [-0.15, -0.1) is 0 Å². The molecule has 0 saturated heterocycles. The molecule has 0 spiro atoms. The standard InChI is InChI=1S/C22H25N3O3S/c1-15-11-16(2)21(17(3)12-15)29(27,28)25(4)13-20(26)24-19-7-5-18(6-8-19)22(14-23)9-10-22/h5-8,11-12H,9-10,13H2,1-4H3,(H,24,26). The molecule has 1 N–H and O–H groups in total. The number of aryl methyl sites for hydroxylation is 3. The van der Waals surface area contributed by atoms with E-state index in [9.17, 15) is 18.5 Å². The number of sulfonamides is 1. The first-order valence-corrected chi connectivity index (χ1v) is 10.9. The Morgan fingerprint density at radius 1 is 1.14 bits per heavy atom. The average Bonchev–Trinajstić information content (AvgIpc) is 3.42. The second-order valence-corrected chi connectivity index (χ2v) is 9.79. The van der Waals surface area contributed by atoms with Gasteiger partial charge in [0.15, 0.2) is 0 Å². The van der Waals surface area contributed by atoms with E-state index in [1.54, 1.807) is 26.0 Å². The average molecular weight is 412 g/mol. The van der Waals surface area contributed by atoms with Crippen molar-refractivity contribution in [3.05, 3.63) is 58.7 Å². The van der Waals surface area contributed by atoms with E-state index in [0.29, 0.717) is 16.8 Å². The van der Waals surface area contributed by atoms with Gasteiger partial charge in [0, 0.05) is 12.7 Å². The van der Waals surface area contributed by atoms with Crippen molar-refractivity contribution >= 4 is 21.6 Å². The summed E-state index contributed by atoms with van der Waals surface area (Å²) in [5.41, 5.74) is 3.46. The van der Waals surface area contributed by atoms with Crippen LogP contribution in [0.5, 0.6) is 0 Å². The molecule has 1 aliphatic carbocycles. The van der Waals surface area contributed by atoms with Crippen LogP contribution >= 0.6 is 0 Å². The summed E-state index contributed by atoms with van der Waals surface area (Å²) in [7, 11) is -2.39. The van der Waals surface area contributed by atoms with Gasteiger partial charge >= 0.3 is 0 Å². The lowest BCUT2D eigenvalue weighted by Crippen LogP contribution is -2.35. The molecule has 6 nitrogen and oxygen atoms in total. The van der Waals surface area contributed by atoms with Crippen molar-refractivity contribution in [3.8, 4) is 6.07 Å². The summed E-state index contributed by atoms with van der Waals surface area (Å²) in [6, 6.07) is 13.1. The Bertz CT molecular complexity index is 1070. The molecule has 2 aromatic rings. The molecule has 0 bridgehead atoms. The number of nitriles is 1. The SMILES string of the molecule is Cc1cc(C)c(S(=O)(=O)N(C)CC(=O)Nc2ccc(C3(C#N)CC3)cc2)c(C)c1. The monoisotopic (exact) mass is 411 g/mol. The zero-order chi connectivity index (χ0) is 21.4. The molecule has 7 heteroatoms. The number of amides is 1. The fourth-order valence-electron chi connectivity index (χ4n) is 3.68. The molecule has 0 radical (unpaired) electrons. The van der Waals surface area contributed by atoms with Gasteiger partial charge in [-0.05, 0) is 62.4 Å². The number of hydrogen-bond acceptors (Lipinski definition) is 4. The number of anilines is 1. The Kier molecular flexibility index (Phi) is 5.52. The quantitative estimate of drug-likeness (QED) is 0.788. The fraction of sp³-hybridized carbons (Fsp3) is 0.364. The Morgan fingerprint density at radius 3 is 2.17 bits per heavy atom. The van der Waals surface area contributed by atoms with Gasteiger partial charge in [0.2, 0.25) is 15.9 Å². The van der Waals surface area contributed by atoms with E-state index < -0.39 is 15.9 Å². The molecular formula is C22H25N3O3S. The van der Waals surface area contributed by atoms with Gasteiger partial charge in [-0.25, -0.2) is 8.42 Å². The molecule has 1 aliphatic rings. The maximum atomic E-state index is 13.0. The number of benzene rings is 2. The summed E-state index contributed by atoms with van der Waals surface area (Å²) in [6.07, 6.45) is 1.71. The van der Waals surface area contributed by atoms with Gasteiger partial charge in [-0.1, -0.05) is 29.8 Å². The molecule has 2 aromatic carbocycles. The second-order valence-electron chi connectivity index (χ2n) is 7.81. The topological polar surface area (TPSA) is 90.3 Å². The van der Waals surface area contributed by atoms with Crippen LogP contribution in [0.4, 0.5) is 5.69 Å². The fourth-order valence-corrected chi connectivity index (χ4v) is 5.21. The summed E-state index contributed by atoms with van der Waals surface area (Å²) in [4.78, 5) is 12.7. The minimum atomic E-state index is -3.79. The van der Waals surface area contributed by atoms with Gasteiger partial charge in [-0.2, -0.15) is 9.57 Å². The lowest BCUT2D eigenvalue weighted by molar-refractivity contribution is -0.116. The van der Waals surface area contributed by atoms with Crippen LogP contribution in [-0.2, 0) is 20.2 Å². The minimum Gasteiger partial charge on any atom is -0.325 e. The van der Waals surface area contributed by atoms with E-state index in [-0.39, 0.29) is 16.9 Å². The summed E-state index contributed by atoms with van der Waals surface area (Å²) >= 11 is 0. The first kappa shape index (κ1) is 21.0. The number of likely N-dealkylation sites (N-methyl/N-ethyl adjacent to an activating group) is 1. The van der Waals surface area contributed by atoms with Crippen LogP contribution in [0, 0.1) is 32.1 Å². The third-order valence-electron chi connectivity index (χ3n) is 5.32. The van der Waals surface area contributed by atoms with Crippen LogP contribution in [0.1, 0.15) is 35.1 Å². The molecule has 1 fully saturated rings. The van der Waals surface area contributed by atoms with Crippen molar-refractivity contribution < 1.29 is 13.2 Å². The maximum Gasteiger partial charge on any atom is 0.243 e. The van der Waals surface area contributed by atoms with Crippen LogP contribution in [-0.4, -0.2) is 32.2 Å². The van der Waals surface area contributed by atoms with Crippen molar-refractivity contribution in [3.63, 3.8) is 0 Å². The number of hydrogen-bond donors (Lipinski definition) is 1. The molecule has 0 atom stereocenters. The summed E-state index contributed by atoms with van der Waals surface area (Å²) in [5.74, 6) is -0.423. The van der Waals surface area contributed by atoms with E-state index in [2.05, 4.69) is 11.4 Å². The zero-order valence-electron chi connectivity index (χ0n) is 17.1. The molecule has 1 saturated carbocycles. The van der Waals surface area contributed by atoms with Gasteiger partial charge in [0.05, 0.1) is 22.9 Å². The van der Waals surface area contributed by atoms with E-state index in [1.807, 2.05) is 31.2 Å². The number of nitrogens with one attached hydrogen (secondary N) is 1. The third kappa shape index (κ3) is 4.19. The highest BCUT2D eigenvalue weighted by molar-refractivity contribution is 7.89. The van der Waals surface area contributed by atoms with Crippen molar-refractivity contribution in [1.82, 2.24) is 4.31 Å². The molecular weight excluding hydrogens is 386 g/mol. The predicted octanol–water partition coefficient (Wildman–Crippen LogP) is 3.43. The number of carbonyl (C=O) groups excluding carboxylic acids is 1. The van der Waals surface area contributed by atoms with Crippen molar-refractivity contribution in [1.29, 1.82) is 5.26 Å². The number of rotatable bonds is 6. The van der Waals surface area contributed by atoms with E-state index in [4.69, 9.17) is 0 Å². The highest BCUT2D eigenvalue weighted by atomic mass is 32.2. The Balaban J connectivity index is 1.70. The Labute approximate surface area is 172 Å². The maximum absolute atomic E-state index is 13.0. The van der Waals surface area contributed by atoms with Crippen molar-refractivity contribution in [2.45, 2.75) is 43.9 Å². The molecule has 1 amide bonds. The highest BCUT2D eigenvalue weighted by Crippen LogP contribution is 2.47. The largest absolute Gasteiger partial charge is 0.325 e. The highest BCUT2D eigenvalue weighted by Gasteiger charge is 2.44. The van der Waals surface area contributed by atoms with Crippen molar-refractivity contribution in [2.75, 3.05) is 18.9 Å². The zero-order valence-corrected chi connectivity index (χ0v) is 17.9. The van der Waals surface area contributed by atoms with Crippen LogP contribution in [0.15, 0.2) is 41.3 Å². The molecule has 0 unspecified atom stereocenters. The number of nitrogens with zero attached hydrogens (tertiary/aromatic N) is 2. The van der Waals surface area contributed by atoms with Gasteiger partial charge < -0.3 is 5.32 Å². The van der Waals surface area contributed by atoms with E-state index in [1.165, 1.54) is 7.05 Å². The molecule has 29 heavy (non-hydrogen) atoms. The summed E-state index contributed by atoms with van der Waals surface area (Å²) in [6.45, 7) is 5.14. The summed E-state index contributed by atoms with van der Waals surface area (Å²) < 4.78 is 27.0. The van der Waals surface area contributed by atoms with E-state index in [0.717, 1.165) is 28.3 Å². The van der Waals surface area contributed by atoms with Crippen LogP contribution in [0.25, 0.3) is 0 Å². The molecule has 3 rings (SSSR count). The first-order chi connectivity index (χ1) is 13.6. The summed E-state index contributed by atoms with van der Waals surface area (Å²) in [5, 5.41) is 12.0. The van der Waals surface area contributed by atoms with Crippen LogP contribution in [0.2, 0.25) is 0 Å². The van der Waals surface area contributed by atoms with Crippen molar-refractivity contribution in [2.24, 2.45) is 0 Å². The predicted molar refractivity (Wildman–Crippen MR) is 112 cm³/mol. The molecule has 0 aromatic heterocycles. The second kappa shape index (κ2) is 7.62. The Hall–Kier alpha value is -2.69. The van der Waals surface area contributed by atoms with Gasteiger partial charge in [0.1, 0.15) is 0 Å². The smallest absolute Gasteiger partial charge is 0.243 e. The first-order valence-electron chi connectivity index (χ1n) is 9.45. The van der Waals surface area contributed by atoms with Crippen LogP contribution in [0.3, 0.4) is 0 Å². The van der Waals surface area contributed by atoms with Crippen LogP contribution < -0.4 is 5.32 Å². The molecule has 0 heterocycles. The lowest BCUT2D eigenvalue weighted by atomic mass is 9.98. The minimum absolute atomic E-state index is 0.244. The lowest BCUT2D eigenvalue weighted by Gasteiger charge is -2.20. The normalized spacial score (nSPS) is 15.0.